The van der Waals surface area contributed by atoms with Crippen LogP contribution in [0.4, 0.5) is 5.69 Å². The highest BCUT2D eigenvalue weighted by Gasteiger charge is 2.20. The maximum Gasteiger partial charge on any atom is 0.243 e. The summed E-state index contributed by atoms with van der Waals surface area (Å²) < 4.78 is 33.1. The number of amides is 1. The number of aromatic nitrogens is 3. The van der Waals surface area contributed by atoms with Crippen molar-refractivity contribution in [2.45, 2.75) is 11.5 Å². The van der Waals surface area contributed by atoms with E-state index >= 15 is 0 Å². The summed E-state index contributed by atoms with van der Waals surface area (Å²) in [7, 11) is -3.88. The molecule has 0 aliphatic carbocycles. The summed E-state index contributed by atoms with van der Waals surface area (Å²) in [6.45, 7) is -0.00503. The molecule has 1 aromatic carbocycles. The van der Waals surface area contributed by atoms with Crippen LogP contribution in [-0.4, -0.2) is 35.8 Å². The maximum atomic E-state index is 12.5. The summed E-state index contributed by atoms with van der Waals surface area (Å²) in [6.07, 6.45) is 6.30. The molecule has 0 radical (unpaired) electrons. The van der Waals surface area contributed by atoms with Gasteiger partial charge >= 0.3 is 0 Å². The normalized spacial score (nSPS) is 11.4. The number of hydrogen-bond donors (Lipinski definition) is 3. The molecule has 158 valence electrons. The van der Waals surface area contributed by atoms with E-state index in [2.05, 4.69) is 25.0 Å². The van der Waals surface area contributed by atoms with Crippen LogP contribution in [0, 0.1) is 0 Å². The zero-order chi connectivity index (χ0) is 21.7. The molecule has 0 spiro atoms. The van der Waals surface area contributed by atoms with Crippen molar-refractivity contribution >= 4 is 32.7 Å². The van der Waals surface area contributed by atoms with E-state index in [1.807, 2.05) is 12.1 Å². The van der Waals surface area contributed by atoms with Crippen LogP contribution in [0.1, 0.15) is 5.56 Å². The second kappa shape index (κ2) is 8.94. The quantitative estimate of drug-likeness (QED) is 0.389. The number of sulfonamides is 1. The average Bonchev–Trinajstić information content (AvgIpc) is 3.23. The van der Waals surface area contributed by atoms with Gasteiger partial charge in [0.15, 0.2) is 0 Å². The number of nitrogens with one attached hydrogen (secondary N) is 3. The van der Waals surface area contributed by atoms with Gasteiger partial charge in [0.25, 0.3) is 0 Å². The van der Waals surface area contributed by atoms with Crippen LogP contribution in [0.25, 0.3) is 11.0 Å². The molecule has 0 fully saturated rings. The standard InChI is InChI=1S/C21H19N5O4S/c27-20(13-25-31(28,29)19-12-24-21-18(19)2-1-9-23-21)26-16-3-5-17(6-4-16)30-14-15-7-10-22-11-8-15/h1-12,25H,13-14H2,(H,23,24)(H,26,27). The summed E-state index contributed by atoms with van der Waals surface area (Å²) in [4.78, 5) is 23.1. The third-order valence-electron chi connectivity index (χ3n) is 4.42. The first-order chi connectivity index (χ1) is 15.0. The Morgan fingerprint density at radius 1 is 1.03 bits per heavy atom. The molecule has 1 amide bonds. The number of anilines is 1. The van der Waals surface area contributed by atoms with Crippen LogP contribution in [0.2, 0.25) is 0 Å². The summed E-state index contributed by atoms with van der Waals surface area (Å²) in [5.41, 5.74) is 1.97. The van der Waals surface area contributed by atoms with Gasteiger partial charge in [0.1, 0.15) is 22.9 Å². The van der Waals surface area contributed by atoms with E-state index < -0.39 is 22.5 Å². The number of nitrogens with zero attached hydrogens (tertiary/aromatic N) is 2. The van der Waals surface area contributed by atoms with E-state index in [9.17, 15) is 13.2 Å². The van der Waals surface area contributed by atoms with Gasteiger partial charge in [-0.1, -0.05) is 0 Å². The minimum atomic E-state index is -3.88. The Balaban J connectivity index is 1.31. The molecular formula is C21H19N5O4S. The molecule has 31 heavy (non-hydrogen) atoms. The third kappa shape index (κ3) is 5.05. The molecule has 0 atom stereocenters. The van der Waals surface area contributed by atoms with Crippen LogP contribution in [0.15, 0.2) is 78.2 Å². The minimum Gasteiger partial charge on any atom is -0.489 e. The molecule has 0 unspecified atom stereocenters. The number of rotatable bonds is 8. The fourth-order valence-corrected chi connectivity index (χ4v) is 4.02. The molecule has 3 aromatic heterocycles. The van der Waals surface area contributed by atoms with E-state index in [0.717, 1.165) is 5.56 Å². The lowest BCUT2D eigenvalue weighted by molar-refractivity contribution is -0.115. The third-order valence-corrected chi connectivity index (χ3v) is 5.86. The second-order valence-electron chi connectivity index (χ2n) is 6.59. The monoisotopic (exact) mass is 437 g/mol. The summed E-state index contributed by atoms with van der Waals surface area (Å²) in [6, 6.07) is 13.8. The van der Waals surface area contributed by atoms with Gasteiger partial charge in [-0.25, -0.2) is 18.1 Å². The Morgan fingerprint density at radius 3 is 2.58 bits per heavy atom. The Kier molecular flexibility index (Phi) is 5.92. The smallest absolute Gasteiger partial charge is 0.243 e. The number of pyridine rings is 2. The van der Waals surface area contributed by atoms with Crippen molar-refractivity contribution in [2.24, 2.45) is 0 Å². The van der Waals surface area contributed by atoms with Crippen molar-refractivity contribution in [3.63, 3.8) is 0 Å². The van der Waals surface area contributed by atoms with Gasteiger partial charge in [0, 0.05) is 35.9 Å². The van der Waals surface area contributed by atoms with Crippen molar-refractivity contribution in [3.05, 3.63) is 78.9 Å². The van der Waals surface area contributed by atoms with Gasteiger partial charge in [-0.15, -0.1) is 0 Å². The van der Waals surface area contributed by atoms with E-state index in [0.29, 0.717) is 29.1 Å². The van der Waals surface area contributed by atoms with E-state index in [-0.39, 0.29) is 4.90 Å². The average molecular weight is 437 g/mol. The Bertz CT molecular complexity index is 1290. The zero-order valence-electron chi connectivity index (χ0n) is 16.3. The van der Waals surface area contributed by atoms with E-state index in [4.69, 9.17) is 4.74 Å². The van der Waals surface area contributed by atoms with Crippen molar-refractivity contribution < 1.29 is 17.9 Å². The number of hydrogen-bond acceptors (Lipinski definition) is 6. The Labute approximate surface area is 178 Å². The summed E-state index contributed by atoms with van der Waals surface area (Å²) >= 11 is 0. The molecule has 0 saturated carbocycles. The fraction of sp³-hybridized carbons (Fsp3) is 0.0952. The lowest BCUT2D eigenvalue weighted by atomic mass is 10.3. The van der Waals surface area contributed by atoms with E-state index in [1.54, 1.807) is 55.0 Å². The number of benzene rings is 1. The lowest BCUT2D eigenvalue weighted by Gasteiger charge is -2.09. The molecule has 10 heteroatoms. The Morgan fingerprint density at radius 2 is 1.81 bits per heavy atom. The van der Waals surface area contributed by atoms with Gasteiger partial charge in [-0.2, -0.15) is 0 Å². The molecule has 4 aromatic rings. The van der Waals surface area contributed by atoms with E-state index in [1.165, 1.54) is 6.20 Å². The Hall–Kier alpha value is -3.76. The molecule has 4 rings (SSSR count). The van der Waals surface area contributed by atoms with Gasteiger partial charge < -0.3 is 15.0 Å². The van der Waals surface area contributed by atoms with Crippen LogP contribution >= 0.6 is 0 Å². The summed E-state index contributed by atoms with van der Waals surface area (Å²) in [5.74, 6) is 0.149. The zero-order valence-corrected chi connectivity index (χ0v) is 17.1. The first-order valence-corrected chi connectivity index (χ1v) is 10.8. The highest BCUT2D eigenvalue weighted by Crippen LogP contribution is 2.20. The predicted molar refractivity (Wildman–Crippen MR) is 115 cm³/mol. The first-order valence-electron chi connectivity index (χ1n) is 9.35. The highest BCUT2D eigenvalue weighted by molar-refractivity contribution is 7.89. The molecule has 0 saturated heterocycles. The van der Waals surface area contributed by atoms with Crippen LogP contribution in [0.5, 0.6) is 5.75 Å². The largest absolute Gasteiger partial charge is 0.489 e. The first kappa shape index (κ1) is 20.5. The highest BCUT2D eigenvalue weighted by atomic mass is 32.2. The molecule has 9 nitrogen and oxygen atoms in total. The van der Waals surface area contributed by atoms with Gasteiger partial charge in [0.2, 0.25) is 15.9 Å². The van der Waals surface area contributed by atoms with Crippen LogP contribution < -0.4 is 14.8 Å². The van der Waals surface area contributed by atoms with Crippen molar-refractivity contribution in [1.29, 1.82) is 0 Å². The molecular weight excluding hydrogens is 418 g/mol. The van der Waals surface area contributed by atoms with Crippen molar-refractivity contribution in [3.8, 4) is 5.75 Å². The van der Waals surface area contributed by atoms with Crippen LogP contribution in [0.3, 0.4) is 0 Å². The van der Waals surface area contributed by atoms with Gasteiger partial charge in [0.05, 0.1) is 6.54 Å². The number of carbonyl (C=O) groups excluding carboxylic acids is 1. The SMILES string of the molecule is O=C(CNS(=O)(=O)c1c[nH]c2ncccc12)Nc1ccc(OCc2ccncc2)cc1. The molecule has 0 aliphatic heterocycles. The number of H-pyrrole nitrogens is 1. The van der Waals surface area contributed by atoms with Crippen molar-refractivity contribution in [2.75, 3.05) is 11.9 Å². The number of carbonyl (C=O) groups is 1. The summed E-state index contributed by atoms with van der Waals surface area (Å²) in [5, 5.41) is 3.10. The topological polar surface area (TPSA) is 126 Å². The minimum absolute atomic E-state index is 0.0408. The molecule has 3 N–H and O–H groups in total. The number of aromatic amines is 1. The second-order valence-corrected chi connectivity index (χ2v) is 8.33. The number of ether oxygens (including phenoxy) is 1. The molecule has 0 aliphatic rings. The van der Waals surface area contributed by atoms with Gasteiger partial charge in [-0.3, -0.25) is 9.78 Å². The lowest BCUT2D eigenvalue weighted by Crippen LogP contribution is -2.32. The molecule has 3 heterocycles. The molecule has 0 bridgehead atoms. The van der Waals surface area contributed by atoms with Gasteiger partial charge in [-0.05, 0) is 54.1 Å². The predicted octanol–water partition coefficient (Wildman–Crippen LogP) is 2.45. The maximum absolute atomic E-state index is 12.5. The number of fused-ring (bicyclic) bond motifs is 1. The van der Waals surface area contributed by atoms with Crippen molar-refractivity contribution in [1.82, 2.24) is 19.7 Å². The fourth-order valence-electron chi connectivity index (χ4n) is 2.88. The van der Waals surface area contributed by atoms with Crippen LogP contribution in [-0.2, 0) is 21.4 Å².